The van der Waals surface area contributed by atoms with Crippen molar-refractivity contribution in [2.45, 2.75) is 6.54 Å². The maximum Gasteiger partial charge on any atom is 0.314 e. The Morgan fingerprint density at radius 3 is 2.41 bits per heavy atom. The minimum absolute atomic E-state index is 0.135. The van der Waals surface area contributed by atoms with Crippen LogP contribution in [-0.2, 0) is 16.1 Å². The summed E-state index contributed by atoms with van der Waals surface area (Å²) in [6.07, 6.45) is 0. The molecule has 0 bridgehead atoms. The van der Waals surface area contributed by atoms with E-state index < -0.39 is 17.6 Å². The van der Waals surface area contributed by atoms with E-state index in [0.29, 0.717) is 30.7 Å². The van der Waals surface area contributed by atoms with Crippen molar-refractivity contribution in [1.82, 2.24) is 9.80 Å². The first-order valence-corrected chi connectivity index (χ1v) is 12.9. The van der Waals surface area contributed by atoms with Crippen LogP contribution in [0, 0.1) is 5.82 Å². The van der Waals surface area contributed by atoms with Crippen LogP contribution in [0.4, 0.5) is 10.1 Å². The van der Waals surface area contributed by atoms with Crippen LogP contribution >= 0.6 is 43.2 Å². The van der Waals surface area contributed by atoms with E-state index in [1.807, 2.05) is 12.1 Å². The van der Waals surface area contributed by atoms with Gasteiger partial charge in [-0.1, -0.05) is 44.0 Å². The van der Waals surface area contributed by atoms with Crippen molar-refractivity contribution < 1.29 is 18.7 Å². The number of methoxy groups -OCH3 is 1. The molecule has 0 spiro atoms. The summed E-state index contributed by atoms with van der Waals surface area (Å²) in [5.74, 6) is -2.12. The number of hydrogen-bond donors (Lipinski definition) is 1. The maximum absolute atomic E-state index is 14.3. The number of halogens is 3. The summed E-state index contributed by atoms with van der Waals surface area (Å²) >= 11 is 8.39. The van der Waals surface area contributed by atoms with Crippen molar-refractivity contribution in [3.05, 3.63) is 68.2 Å². The number of nitrogens with one attached hydrogen (secondary N) is 1. The zero-order valence-corrected chi connectivity index (χ0v) is 22.3. The fourth-order valence-corrected chi connectivity index (χ4v) is 5.43. The second-order valence-corrected chi connectivity index (χ2v) is 10.8. The zero-order valence-electron chi connectivity index (χ0n) is 18.3. The normalized spacial score (nSPS) is 14.2. The second kappa shape index (κ2) is 11.0. The fourth-order valence-electron chi connectivity index (χ4n) is 3.70. The van der Waals surface area contributed by atoms with Crippen LogP contribution in [0.1, 0.15) is 4.88 Å². The number of anilines is 1. The molecule has 1 aromatic heterocycles. The molecule has 0 atom stereocenters. The molecule has 0 unspecified atom stereocenters. The second-order valence-electron chi connectivity index (χ2n) is 7.76. The Labute approximate surface area is 218 Å². The summed E-state index contributed by atoms with van der Waals surface area (Å²) in [4.78, 5) is 31.4. The lowest BCUT2D eigenvalue weighted by Crippen LogP contribution is -2.51. The molecule has 2 heterocycles. The van der Waals surface area contributed by atoms with Crippen molar-refractivity contribution in [1.29, 1.82) is 0 Å². The molecule has 1 aliphatic rings. The van der Waals surface area contributed by atoms with E-state index in [9.17, 15) is 14.0 Å². The summed E-state index contributed by atoms with van der Waals surface area (Å²) in [5, 5.41) is 2.36. The number of carbonyl (C=O) groups excluding carboxylic acids is 2. The molecule has 2 amide bonds. The van der Waals surface area contributed by atoms with Gasteiger partial charge < -0.3 is 15.0 Å². The molecule has 0 saturated carbocycles. The van der Waals surface area contributed by atoms with Crippen LogP contribution < -0.4 is 10.1 Å². The van der Waals surface area contributed by atoms with Gasteiger partial charge in [0, 0.05) is 51.4 Å². The Bertz CT molecular complexity index is 1190. The van der Waals surface area contributed by atoms with Crippen molar-refractivity contribution in [2.24, 2.45) is 0 Å². The zero-order chi connectivity index (χ0) is 24.2. The highest BCUT2D eigenvalue weighted by molar-refractivity contribution is 9.10. The highest BCUT2D eigenvalue weighted by Crippen LogP contribution is 2.32. The van der Waals surface area contributed by atoms with Gasteiger partial charge in [-0.3, -0.25) is 14.5 Å². The van der Waals surface area contributed by atoms with Gasteiger partial charge in [-0.15, -0.1) is 11.3 Å². The topological polar surface area (TPSA) is 61.9 Å². The van der Waals surface area contributed by atoms with E-state index in [-0.39, 0.29) is 11.4 Å². The molecule has 178 valence electrons. The lowest BCUT2D eigenvalue weighted by molar-refractivity contribution is -0.144. The van der Waals surface area contributed by atoms with Gasteiger partial charge in [0.2, 0.25) is 0 Å². The molecule has 3 aromatic rings. The predicted octanol–water partition coefficient (Wildman–Crippen LogP) is 5.37. The molecule has 10 heteroatoms. The molecule has 1 saturated heterocycles. The van der Waals surface area contributed by atoms with Crippen LogP contribution in [0.25, 0.3) is 10.4 Å². The lowest BCUT2D eigenvalue weighted by atomic mass is 10.2. The molecule has 6 nitrogen and oxygen atoms in total. The highest BCUT2D eigenvalue weighted by Gasteiger charge is 2.27. The number of amides is 2. The summed E-state index contributed by atoms with van der Waals surface area (Å²) < 4.78 is 20.9. The number of hydrogen-bond acceptors (Lipinski definition) is 5. The molecule has 1 fully saturated rings. The Morgan fingerprint density at radius 2 is 1.74 bits per heavy atom. The minimum Gasteiger partial charge on any atom is -0.494 e. The molecular weight excluding hydrogens is 589 g/mol. The van der Waals surface area contributed by atoms with Crippen molar-refractivity contribution in [2.75, 3.05) is 38.6 Å². The molecule has 34 heavy (non-hydrogen) atoms. The molecule has 2 aromatic carbocycles. The van der Waals surface area contributed by atoms with Crippen LogP contribution in [-0.4, -0.2) is 54.9 Å². The van der Waals surface area contributed by atoms with Crippen molar-refractivity contribution in [3.8, 4) is 16.2 Å². The summed E-state index contributed by atoms with van der Waals surface area (Å²) in [6, 6.07) is 15.2. The average molecular weight is 611 g/mol. The number of rotatable bonds is 5. The highest BCUT2D eigenvalue weighted by atomic mass is 79.9. The standard InChI is InChI=1S/C24H22Br2FN3O3S/c1-33-20-13-17(26)12-19(27)22(20)28-23(31)24(32)30-10-8-29(9-11-30)14-18-6-7-21(34-18)15-2-4-16(25)5-3-15/h2-7,12-13H,8-11,14H2,1H3,(H,28,31). The molecule has 1 aliphatic heterocycles. The van der Waals surface area contributed by atoms with E-state index in [4.69, 9.17) is 4.74 Å². The first-order valence-electron chi connectivity index (χ1n) is 10.5. The molecule has 0 radical (unpaired) electrons. The van der Waals surface area contributed by atoms with E-state index in [0.717, 1.165) is 11.0 Å². The van der Waals surface area contributed by atoms with Gasteiger partial charge in [0.15, 0.2) is 5.82 Å². The maximum atomic E-state index is 14.3. The van der Waals surface area contributed by atoms with Gasteiger partial charge in [0.25, 0.3) is 0 Å². The van der Waals surface area contributed by atoms with Crippen LogP contribution in [0.15, 0.2) is 57.5 Å². The number of piperazine rings is 1. The van der Waals surface area contributed by atoms with Gasteiger partial charge in [-0.05, 0) is 42.0 Å². The SMILES string of the molecule is COc1cc(Br)cc(F)c1NC(=O)C(=O)N1CCN(Cc2ccc(-c3ccc(Br)cc3)s2)CC1. The Morgan fingerprint density at radius 1 is 1.03 bits per heavy atom. The molecular formula is C24H22Br2FN3O3S. The molecule has 4 rings (SSSR count). The van der Waals surface area contributed by atoms with Crippen molar-refractivity contribution in [3.63, 3.8) is 0 Å². The van der Waals surface area contributed by atoms with Gasteiger partial charge in [-0.2, -0.15) is 0 Å². The third kappa shape index (κ3) is 5.86. The van der Waals surface area contributed by atoms with Gasteiger partial charge in [0.05, 0.1) is 7.11 Å². The Hall–Kier alpha value is -2.27. The van der Waals surface area contributed by atoms with Crippen molar-refractivity contribution >= 4 is 60.7 Å². The van der Waals surface area contributed by atoms with Crippen LogP contribution in [0.2, 0.25) is 0 Å². The average Bonchev–Trinajstić information content (AvgIpc) is 3.29. The fraction of sp³-hybridized carbons (Fsp3) is 0.250. The summed E-state index contributed by atoms with van der Waals surface area (Å²) in [7, 11) is 1.37. The first kappa shape index (κ1) is 24.8. The third-order valence-corrected chi connectivity index (χ3v) is 7.61. The van der Waals surface area contributed by atoms with Crippen LogP contribution in [0.3, 0.4) is 0 Å². The van der Waals surface area contributed by atoms with E-state index in [2.05, 4.69) is 66.3 Å². The largest absolute Gasteiger partial charge is 0.494 e. The number of nitrogens with zero attached hydrogens (tertiary/aromatic N) is 2. The number of ether oxygens (including phenoxy) is 1. The van der Waals surface area contributed by atoms with E-state index >= 15 is 0 Å². The summed E-state index contributed by atoms with van der Waals surface area (Å²) in [5.41, 5.74) is 1.03. The lowest BCUT2D eigenvalue weighted by Gasteiger charge is -2.34. The molecule has 1 N–H and O–H groups in total. The quantitative estimate of drug-likeness (QED) is 0.395. The van der Waals surface area contributed by atoms with Gasteiger partial charge in [0.1, 0.15) is 11.4 Å². The van der Waals surface area contributed by atoms with Crippen LogP contribution in [0.5, 0.6) is 5.75 Å². The number of thiophene rings is 1. The Kier molecular flexibility index (Phi) is 8.02. The van der Waals surface area contributed by atoms with E-state index in [1.165, 1.54) is 39.5 Å². The van der Waals surface area contributed by atoms with E-state index in [1.54, 1.807) is 11.3 Å². The predicted molar refractivity (Wildman–Crippen MR) is 139 cm³/mol. The molecule has 0 aliphatic carbocycles. The van der Waals surface area contributed by atoms with Gasteiger partial charge in [-0.25, -0.2) is 4.39 Å². The number of carbonyl (C=O) groups is 2. The monoisotopic (exact) mass is 609 g/mol. The summed E-state index contributed by atoms with van der Waals surface area (Å²) in [6.45, 7) is 2.95. The number of benzene rings is 2. The smallest absolute Gasteiger partial charge is 0.314 e. The minimum atomic E-state index is -0.884. The Balaban J connectivity index is 1.31. The van der Waals surface area contributed by atoms with Gasteiger partial charge >= 0.3 is 11.8 Å². The third-order valence-electron chi connectivity index (χ3n) is 5.50. The first-order chi connectivity index (χ1) is 16.3.